The molecule has 1 aromatic rings. The fourth-order valence-electron chi connectivity index (χ4n) is 4.18. The maximum Gasteiger partial charge on any atom is 0.236 e. The maximum atomic E-state index is 12.8. The van der Waals surface area contributed by atoms with Gasteiger partial charge in [0.25, 0.3) is 0 Å². The van der Waals surface area contributed by atoms with Crippen LogP contribution in [0.4, 0.5) is 4.79 Å². The van der Waals surface area contributed by atoms with Crippen LogP contribution in [0.1, 0.15) is 125 Å². The summed E-state index contributed by atoms with van der Waals surface area (Å²) in [6.45, 7) is 21.0. The average molecular weight is 597 g/mol. The van der Waals surface area contributed by atoms with Gasteiger partial charge in [0.05, 0.1) is 6.04 Å². The molecule has 1 aliphatic carbocycles. The molecule has 1 aromatic carbocycles. The lowest BCUT2D eigenvalue weighted by Crippen LogP contribution is -2.35. The van der Waals surface area contributed by atoms with E-state index in [1.165, 1.54) is 33.1 Å². The molecule has 0 bridgehead atoms. The number of rotatable bonds is 13. The molecule has 1 fully saturated rings. The summed E-state index contributed by atoms with van der Waals surface area (Å²) in [5.41, 5.74) is 3.05. The fraction of sp³-hybridized carbons (Fsp3) is 0.600. The lowest BCUT2D eigenvalue weighted by Gasteiger charge is -2.30. The first-order valence-corrected chi connectivity index (χ1v) is 15.7. The number of nitrogens with one attached hydrogen (secondary N) is 2. The van der Waals surface area contributed by atoms with Crippen molar-refractivity contribution in [2.45, 2.75) is 126 Å². The van der Waals surface area contributed by atoms with Crippen LogP contribution < -0.4 is 10.6 Å². The minimum atomic E-state index is -0.861. The number of benzene rings is 1. The molecule has 0 spiro atoms. The van der Waals surface area contributed by atoms with Gasteiger partial charge in [-0.1, -0.05) is 97.7 Å². The Kier molecular flexibility index (Phi) is 24.8. The second-order valence-corrected chi connectivity index (χ2v) is 11.1. The third-order valence-electron chi connectivity index (χ3n) is 6.03. The van der Waals surface area contributed by atoms with Gasteiger partial charge in [-0.3, -0.25) is 9.59 Å². The van der Waals surface area contributed by atoms with Crippen molar-refractivity contribution < 1.29 is 23.9 Å². The van der Waals surface area contributed by atoms with Gasteiger partial charge < -0.3 is 25.0 Å². The number of ether oxygens (including phenoxy) is 1. The molecule has 1 aliphatic rings. The Labute approximate surface area is 263 Å². The number of hydrogen-bond donors (Lipinski definition) is 2. The van der Waals surface area contributed by atoms with E-state index >= 15 is 0 Å². The number of carbonyl (C=O) groups excluding carboxylic acids is 4. The van der Waals surface area contributed by atoms with Crippen LogP contribution in [0.15, 0.2) is 53.9 Å². The van der Waals surface area contributed by atoms with E-state index in [2.05, 4.69) is 44.9 Å². The van der Waals surface area contributed by atoms with E-state index in [0.717, 1.165) is 36.4 Å². The van der Waals surface area contributed by atoms with Crippen LogP contribution in [-0.4, -0.2) is 43.7 Å². The molecular formula is C35H57BN2O5. The Morgan fingerprint density at radius 2 is 1.42 bits per heavy atom. The molecule has 240 valence electrons. The van der Waals surface area contributed by atoms with E-state index < -0.39 is 11.9 Å². The first kappa shape index (κ1) is 42.0. The SMILES string of the molecule is CC.CC(=O)CCC(C)=O.CC(C)C.[B]C(=O)OCC(=C)NC(/C(C(C)=O)=C(/CC)NC1CCCCC1)c1ccccc1. The Morgan fingerprint density at radius 1 is 0.930 bits per heavy atom. The molecule has 0 heterocycles. The van der Waals surface area contributed by atoms with Crippen LogP contribution in [0.3, 0.4) is 0 Å². The summed E-state index contributed by atoms with van der Waals surface area (Å²) in [5.74, 6) is 0.135. The summed E-state index contributed by atoms with van der Waals surface area (Å²) < 4.78 is 4.85. The number of carbonyl (C=O) groups is 4. The molecule has 8 heteroatoms. The van der Waals surface area contributed by atoms with Crippen LogP contribution in [0.2, 0.25) is 0 Å². The van der Waals surface area contributed by atoms with E-state index in [-0.39, 0.29) is 24.0 Å². The van der Waals surface area contributed by atoms with Gasteiger partial charge >= 0.3 is 0 Å². The van der Waals surface area contributed by atoms with Gasteiger partial charge in [0.1, 0.15) is 18.2 Å². The van der Waals surface area contributed by atoms with Gasteiger partial charge in [0, 0.05) is 35.9 Å². The first-order chi connectivity index (χ1) is 20.3. The van der Waals surface area contributed by atoms with Crippen molar-refractivity contribution in [3.05, 3.63) is 59.4 Å². The van der Waals surface area contributed by atoms with Crippen molar-refractivity contribution in [1.82, 2.24) is 10.6 Å². The molecule has 0 aromatic heterocycles. The van der Waals surface area contributed by atoms with Crippen LogP contribution in [0.25, 0.3) is 0 Å². The average Bonchev–Trinajstić information content (AvgIpc) is 2.96. The zero-order valence-corrected chi connectivity index (χ0v) is 28.3. The predicted molar refractivity (Wildman–Crippen MR) is 179 cm³/mol. The topological polar surface area (TPSA) is 102 Å². The third-order valence-corrected chi connectivity index (χ3v) is 6.03. The second-order valence-electron chi connectivity index (χ2n) is 11.1. The Morgan fingerprint density at radius 3 is 1.81 bits per heavy atom. The minimum absolute atomic E-state index is 0.00451. The van der Waals surface area contributed by atoms with E-state index in [1.54, 1.807) is 6.92 Å². The molecule has 0 saturated heterocycles. The van der Waals surface area contributed by atoms with E-state index in [4.69, 9.17) is 12.6 Å². The zero-order chi connectivity index (χ0) is 33.4. The highest BCUT2D eigenvalue weighted by molar-refractivity contribution is 6.55. The number of allylic oxidation sites excluding steroid dienone is 1. The van der Waals surface area contributed by atoms with Crippen molar-refractivity contribution in [1.29, 1.82) is 0 Å². The first-order valence-electron chi connectivity index (χ1n) is 15.7. The molecule has 0 aliphatic heterocycles. The monoisotopic (exact) mass is 596 g/mol. The summed E-state index contributed by atoms with van der Waals surface area (Å²) in [4.78, 5) is 44.1. The van der Waals surface area contributed by atoms with Crippen LogP contribution in [0.5, 0.6) is 0 Å². The lowest BCUT2D eigenvalue weighted by molar-refractivity contribution is -0.122. The highest BCUT2D eigenvalue weighted by Gasteiger charge is 2.26. The largest absolute Gasteiger partial charge is 0.468 e. The smallest absolute Gasteiger partial charge is 0.236 e. The van der Waals surface area contributed by atoms with Crippen molar-refractivity contribution in [3.8, 4) is 0 Å². The van der Waals surface area contributed by atoms with Crippen LogP contribution in [-0.2, 0) is 19.1 Å². The Balaban J connectivity index is 0. The molecule has 2 N–H and O–H groups in total. The number of ketones is 3. The highest BCUT2D eigenvalue weighted by atomic mass is 16.5. The lowest BCUT2D eigenvalue weighted by atomic mass is 9.91. The zero-order valence-electron chi connectivity index (χ0n) is 28.3. The molecule has 7 nitrogen and oxygen atoms in total. The van der Waals surface area contributed by atoms with Gasteiger partial charge in [-0.15, -0.1) is 0 Å². The van der Waals surface area contributed by atoms with Gasteiger partial charge in [-0.25, -0.2) is 0 Å². The van der Waals surface area contributed by atoms with Crippen LogP contribution in [0, 0.1) is 5.92 Å². The standard InChI is InChI=1S/C23H31BN2O3.C6H10O2.C4H10.C2H6/c1-4-20(26-19-13-9-6-10-14-19)21(17(3)27)22(18-11-7-5-8-12-18)25-16(2)15-29-23(24)28;1-5(7)3-4-6(2)8;1-4(2)3;1-2/h5,7-8,11-12,19,22,25-26H,2,4,6,9-10,13-15H2,1,3H3;3-4H2,1-2H3;4H,1-3H3;1-2H3/b21-20-;;;. The normalized spacial score (nSPS) is 13.6. The molecule has 1 saturated carbocycles. The fourth-order valence-corrected chi connectivity index (χ4v) is 4.18. The molecule has 1 unspecified atom stereocenters. The quantitative estimate of drug-likeness (QED) is 0.176. The molecule has 2 radical (unpaired) electrons. The van der Waals surface area contributed by atoms with Gasteiger partial charge in [0.2, 0.25) is 13.7 Å². The summed E-state index contributed by atoms with van der Waals surface area (Å²) >= 11 is 0. The molecule has 0 amide bonds. The second kappa shape index (κ2) is 25.4. The molecule has 43 heavy (non-hydrogen) atoms. The predicted octanol–water partition coefficient (Wildman–Crippen LogP) is 7.94. The molecular weight excluding hydrogens is 539 g/mol. The minimum Gasteiger partial charge on any atom is -0.468 e. The number of hydrogen-bond acceptors (Lipinski definition) is 7. The van der Waals surface area contributed by atoms with Crippen molar-refractivity contribution >= 4 is 31.1 Å². The van der Waals surface area contributed by atoms with Gasteiger partial charge in [0.15, 0.2) is 5.78 Å². The van der Waals surface area contributed by atoms with E-state index in [9.17, 15) is 19.2 Å². The molecule has 2 rings (SSSR count). The van der Waals surface area contributed by atoms with Crippen molar-refractivity contribution in [2.75, 3.05) is 6.61 Å². The van der Waals surface area contributed by atoms with E-state index in [0.29, 0.717) is 30.2 Å². The summed E-state index contributed by atoms with van der Waals surface area (Å²) in [6.07, 6.45) is 7.47. The summed E-state index contributed by atoms with van der Waals surface area (Å²) in [6, 6.07) is 9.74. The van der Waals surface area contributed by atoms with Crippen molar-refractivity contribution in [3.63, 3.8) is 0 Å². The van der Waals surface area contributed by atoms with Gasteiger partial charge in [-0.2, -0.15) is 0 Å². The maximum absolute atomic E-state index is 12.8. The third kappa shape index (κ3) is 22.1. The number of Topliss-reactive ketones (excluding diaryl/α,β-unsaturated/α-hetero) is 3. The summed E-state index contributed by atoms with van der Waals surface area (Å²) in [7, 11) is 5.06. The Bertz CT molecular complexity index is 982. The highest BCUT2D eigenvalue weighted by Crippen LogP contribution is 2.28. The molecule has 1 atom stereocenters. The van der Waals surface area contributed by atoms with Gasteiger partial charge in [-0.05, 0) is 51.5 Å². The summed E-state index contributed by atoms with van der Waals surface area (Å²) in [5, 5.41) is 6.92. The Hall–Kier alpha value is -3.16. The van der Waals surface area contributed by atoms with E-state index in [1.807, 2.05) is 44.2 Å². The van der Waals surface area contributed by atoms with Crippen LogP contribution >= 0.6 is 0 Å². The van der Waals surface area contributed by atoms with Crippen molar-refractivity contribution in [2.24, 2.45) is 5.92 Å².